The number of nitrogens with zero attached hydrogens (tertiary/aromatic N) is 1. The topological polar surface area (TPSA) is 45.0 Å². The number of benzene rings is 1. The summed E-state index contributed by atoms with van der Waals surface area (Å²) in [4.78, 5) is 0. The monoisotopic (exact) mass is 288 g/mol. The number of rotatable bonds is 9. The first-order chi connectivity index (χ1) is 10.0. The van der Waals surface area contributed by atoms with Crippen LogP contribution < -0.4 is 10.1 Å². The van der Waals surface area contributed by atoms with Crippen molar-refractivity contribution in [1.29, 1.82) is 5.26 Å². The van der Waals surface area contributed by atoms with Gasteiger partial charge in [0.15, 0.2) is 0 Å². The van der Waals surface area contributed by atoms with Gasteiger partial charge in [0.2, 0.25) is 0 Å². The number of aryl methyl sites for hydroxylation is 2. The molecule has 0 saturated carbocycles. The highest BCUT2D eigenvalue weighted by Crippen LogP contribution is 2.20. The Bertz CT molecular complexity index is 479. The largest absolute Gasteiger partial charge is 0.493 e. The average Bonchev–Trinajstić information content (AvgIpc) is 2.48. The molecule has 0 saturated heterocycles. The van der Waals surface area contributed by atoms with Gasteiger partial charge in [0.25, 0.3) is 0 Å². The summed E-state index contributed by atoms with van der Waals surface area (Å²) < 4.78 is 5.84. The molecule has 0 fully saturated rings. The number of nitrogens with one attached hydrogen (secondary N) is 1. The fourth-order valence-corrected chi connectivity index (χ4v) is 2.21. The molecule has 0 radical (unpaired) electrons. The Morgan fingerprint density at radius 1 is 1.29 bits per heavy atom. The van der Waals surface area contributed by atoms with Crippen molar-refractivity contribution in [3.8, 4) is 11.8 Å². The van der Waals surface area contributed by atoms with Gasteiger partial charge >= 0.3 is 0 Å². The lowest BCUT2D eigenvalue weighted by Crippen LogP contribution is -2.41. The first-order valence-electron chi connectivity index (χ1n) is 7.87. The fraction of sp³-hybridized carbons (Fsp3) is 0.611. The third kappa shape index (κ3) is 6.18. The molecule has 1 aromatic carbocycles. The van der Waals surface area contributed by atoms with Crippen LogP contribution >= 0.6 is 0 Å². The van der Waals surface area contributed by atoms with Crippen LogP contribution in [0.4, 0.5) is 0 Å². The predicted octanol–water partition coefficient (Wildman–Crippen LogP) is 4.13. The molecule has 0 aliphatic rings. The molecule has 116 valence electrons. The lowest BCUT2D eigenvalue weighted by atomic mass is 9.96. The molecule has 0 aliphatic carbocycles. The first kappa shape index (κ1) is 17.5. The molecule has 1 N–H and O–H groups in total. The number of hydrogen-bond donors (Lipinski definition) is 1. The standard InChI is InChI=1S/C18H28N2O/c1-5-11-20-18(4,14-19)10-6-7-12-21-17-13-15(2)8-9-16(17)3/h8-9,13,20H,5-7,10-12H2,1-4H3. The van der Waals surface area contributed by atoms with Crippen molar-refractivity contribution in [3.63, 3.8) is 0 Å². The molecule has 0 bridgehead atoms. The molecule has 21 heavy (non-hydrogen) atoms. The SMILES string of the molecule is CCCNC(C)(C#N)CCCCOc1cc(C)ccc1C. The Morgan fingerprint density at radius 2 is 2.05 bits per heavy atom. The third-order valence-electron chi connectivity index (χ3n) is 3.68. The molecule has 0 heterocycles. The van der Waals surface area contributed by atoms with Crippen molar-refractivity contribution in [2.24, 2.45) is 0 Å². The average molecular weight is 288 g/mol. The van der Waals surface area contributed by atoms with Crippen molar-refractivity contribution in [2.45, 2.75) is 58.9 Å². The minimum atomic E-state index is -0.407. The van der Waals surface area contributed by atoms with Crippen molar-refractivity contribution in [1.82, 2.24) is 5.32 Å². The molecule has 0 spiro atoms. The van der Waals surface area contributed by atoms with Crippen LogP contribution in [0.1, 0.15) is 50.7 Å². The van der Waals surface area contributed by atoms with E-state index in [-0.39, 0.29) is 0 Å². The first-order valence-corrected chi connectivity index (χ1v) is 7.87. The van der Waals surface area contributed by atoms with E-state index in [1.54, 1.807) is 0 Å². The maximum absolute atomic E-state index is 9.27. The molecule has 1 atom stereocenters. The van der Waals surface area contributed by atoms with E-state index in [1.807, 2.05) is 6.92 Å². The summed E-state index contributed by atoms with van der Waals surface area (Å²) in [5.41, 5.74) is 1.98. The molecular weight excluding hydrogens is 260 g/mol. The van der Waals surface area contributed by atoms with Gasteiger partial charge in [-0.2, -0.15) is 5.26 Å². The van der Waals surface area contributed by atoms with Crippen LogP contribution in [-0.4, -0.2) is 18.7 Å². The summed E-state index contributed by atoms with van der Waals surface area (Å²) in [6, 6.07) is 8.65. The minimum absolute atomic E-state index is 0.407. The summed E-state index contributed by atoms with van der Waals surface area (Å²) in [6.07, 6.45) is 3.87. The second kappa shape index (κ2) is 8.69. The molecular formula is C18H28N2O. The normalized spacial score (nSPS) is 13.5. The minimum Gasteiger partial charge on any atom is -0.493 e. The smallest absolute Gasteiger partial charge is 0.122 e. The number of ether oxygens (including phenoxy) is 1. The molecule has 0 amide bonds. The zero-order chi connectivity index (χ0) is 15.7. The predicted molar refractivity (Wildman–Crippen MR) is 87.6 cm³/mol. The van der Waals surface area contributed by atoms with Gasteiger partial charge in [-0.3, -0.25) is 5.32 Å². The van der Waals surface area contributed by atoms with Crippen LogP contribution in [0.15, 0.2) is 18.2 Å². The summed E-state index contributed by atoms with van der Waals surface area (Å²) in [5, 5.41) is 12.6. The summed E-state index contributed by atoms with van der Waals surface area (Å²) in [6.45, 7) is 9.83. The second-order valence-corrected chi connectivity index (χ2v) is 5.95. The van der Waals surface area contributed by atoms with Gasteiger partial charge in [-0.25, -0.2) is 0 Å². The highest BCUT2D eigenvalue weighted by atomic mass is 16.5. The second-order valence-electron chi connectivity index (χ2n) is 5.95. The zero-order valence-electron chi connectivity index (χ0n) is 13.8. The molecule has 1 unspecified atom stereocenters. The van der Waals surface area contributed by atoms with E-state index < -0.39 is 5.54 Å². The van der Waals surface area contributed by atoms with E-state index in [0.29, 0.717) is 6.61 Å². The van der Waals surface area contributed by atoms with E-state index in [4.69, 9.17) is 4.74 Å². The van der Waals surface area contributed by atoms with Gasteiger partial charge in [-0.05, 0) is 70.2 Å². The molecule has 3 heteroatoms. The van der Waals surface area contributed by atoms with Crippen LogP contribution in [0.3, 0.4) is 0 Å². The molecule has 1 rings (SSSR count). The van der Waals surface area contributed by atoms with Crippen molar-refractivity contribution in [2.75, 3.05) is 13.2 Å². The van der Waals surface area contributed by atoms with Crippen molar-refractivity contribution < 1.29 is 4.74 Å². The number of unbranched alkanes of at least 4 members (excludes halogenated alkanes) is 1. The van der Waals surface area contributed by atoms with Crippen LogP contribution in [0.25, 0.3) is 0 Å². The van der Waals surface area contributed by atoms with Crippen LogP contribution in [0, 0.1) is 25.2 Å². The van der Waals surface area contributed by atoms with Crippen LogP contribution in [-0.2, 0) is 0 Å². The molecule has 3 nitrogen and oxygen atoms in total. The van der Waals surface area contributed by atoms with Gasteiger partial charge in [0.1, 0.15) is 11.3 Å². The van der Waals surface area contributed by atoms with E-state index in [0.717, 1.165) is 38.0 Å². The van der Waals surface area contributed by atoms with Crippen LogP contribution in [0.5, 0.6) is 5.75 Å². The Labute approximate surface area is 129 Å². The van der Waals surface area contributed by atoms with Gasteiger partial charge in [-0.1, -0.05) is 19.1 Å². The summed E-state index contributed by atoms with van der Waals surface area (Å²) in [7, 11) is 0. The van der Waals surface area contributed by atoms with E-state index in [1.165, 1.54) is 11.1 Å². The van der Waals surface area contributed by atoms with Crippen LogP contribution in [0.2, 0.25) is 0 Å². The zero-order valence-corrected chi connectivity index (χ0v) is 13.8. The quantitative estimate of drug-likeness (QED) is 0.695. The maximum Gasteiger partial charge on any atom is 0.122 e. The Hall–Kier alpha value is -1.53. The highest BCUT2D eigenvalue weighted by Gasteiger charge is 2.21. The van der Waals surface area contributed by atoms with E-state index in [2.05, 4.69) is 50.4 Å². The lowest BCUT2D eigenvalue weighted by Gasteiger charge is -2.23. The van der Waals surface area contributed by atoms with Crippen molar-refractivity contribution >= 4 is 0 Å². The van der Waals surface area contributed by atoms with E-state index >= 15 is 0 Å². The Balaban J connectivity index is 2.31. The van der Waals surface area contributed by atoms with Gasteiger partial charge < -0.3 is 4.74 Å². The fourth-order valence-electron chi connectivity index (χ4n) is 2.21. The van der Waals surface area contributed by atoms with Gasteiger partial charge in [0.05, 0.1) is 12.7 Å². The van der Waals surface area contributed by atoms with Gasteiger partial charge in [-0.15, -0.1) is 0 Å². The molecule has 0 aromatic heterocycles. The third-order valence-corrected chi connectivity index (χ3v) is 3.68. The molecule has 0 aliphatic heterocycles. The summed E-state index contributed by atoms with van der Waals surface area (Å²) >= 11 is 0. The van der Waals surface area contributed by atoms with E-state index in [9.17, 15) is 5.26 Å². The highest BCUT2D eigenvalue weighted by molar-refractivity contribution is 5.35. The Kier molecular flexibility index (Phi) is 7.25. The summed E-state index contributed by atoms with van der Waals surface area (Å²) in [5.74, 6) is 0.974. The lowest BCUT2D eigenvalue weighted by molar-refractivity contribution is 0.293. The van der Waals surface area contributed by atoms with Gasteiger partial charge in [0, 0.05) is 0 Å². The molecule has 1 aromatic rings. The number of nitriles is 1. The van der Waals surface area contributed by atoms with Crippen molar-refractivity contribution in [3.05, 3.63) is 29.3 Å². The number of hydrogen-bond acceptors (Lipinski definition) is 3. The maximum atomic E-state index is 9.27. The Morgan fingerprint density at radius 3 is 2.71 bits per heavy atom.